The molecule has 0 bridgehead atoms. The third-order valence-electron chi connectivity index (χ3n) is 8.11. The van der Waals surface area contributed by atoms with Crippen LogP contribution in [-0.2, 0) is 14.3 Å². The minimum absolute atomic E-state index is 0.104. The molecule has 2 fully saturated rings. The summed E-state index contributed by atoms with van der Waals surface area (Å²) >= 11 is 0. The van der Waals surface area contributed by atoms with Crippen molar-refractivity contribution >= 4 is 35.2 Å². The van der Waals surface area contributed by atoms with Gasteiger partial charge in [0.1, 0.15) is 29.8 Å². The molecule has 2 aliphatic heterocycles. The lowest BCUT2D eigenvalue weighted by Crippen LogP contribution is -2.44. The molecule has 2 aromatic rings. The van der Waals surface area contributed by atoms with Crippen molar-refractivity contribution in [1.82, 2.24) is 20.2 Å². The minimum Gasteiger partial charge on any atom is -0.490 e. The number of hydrogen-bond acceptors (Lipinski definition) is 8. The van der Waals surface area contributed by atoms with E-state index in [1.54, 1.807) is 0 Å². The third-order valence-corrected chi connectivity index (χ3v) is 8.11. The SMILES string of the molecule is CCOCCNC(=O)C1=Cc2c(ncnc2Nc2ccc(OC3CCN(C(=O)C4CCCC4)CC3)c(C)c2)NCC1. The van der Waals surface area contributed by atoms with Crippen LogP contribution in [0.15, 0.2) is 30.1 Å². The minimum atomic E-state index is -0.111. The van der Waals surface area contributed by atoms with Gasteiger partial charge in [0.05, 0.1) is 12.2 Å². The number of fused-ring (bicyclic) bond motifs is 1. The Morgan fingerprint density at radius 2 is 1.93 bits per heavy atom. The maximum Gasteiger partial charge on any atom is 0.247 e. The largest absolute Gasteiger partial charge is 0.490 e. The van der Waals surface area contributed by atoms with Gasteiger partial charge in [0.25, 0.3) is 0 Å². The Balaban J connectivity index is 1.21. The maximum absolute atomic E-state index is 12.8. The van der Waals surface area contributed by atoms with Crippen molar-refractivity contribution in [2.75, 3.05) is 50.0 Å². The average Bonchev–Trinajstić information content (AvgIpc) is 3.43. The molecule has 220 valence electrons. The summed E-state index contributed by atoms with van der Waals surface area (Å²) in [7, 11) is 0. The van der Waals surface area contributed by atoms with E-state index in [2.05, 4.69) is 25.9 Å². The van der Waals surface area contributed by atoms with E-state index in [4.69, 9.17) is 9.47 Å². The normalized spacial score (nSPS) is 17.7. The Labute approximate surface area is 242 Å². The van der Waals surface area contributed by atoms with Crippen LogP contribution >= 0.6 is 0 Å². The highest BCUT2D eigenvalue weighted by molar-refractivity contribution is 6.00. The number of carbonyl (C=O) groups excluding carboxylic acids is 2. The van der Waals surface area contributed by atoms with E-state index in [-0.39, 0.29) is 17.9 Å². The zero-order chi connectivity index (χ0) is 28.6. The number of aryl methyl sites for hydroxylation is 1. The van der Waals surface area contributed by atoms with Crippen LogP contribution in [0.1, 0.15) is 63.0 Å². The maximum atomic E-state index is 12.8. The van der Waals surface area contributed by atoms with Crippen LogP contribution in [0.3, 0.4) is 0 Å². The molecule has 0 radical (unpaired) electrons. The van der Waals surface area contributed by atoms with Gasteiger partial charge < -0.3 is 30.3 Å². The number of piperidine rings is 1. The van der Waals surface area contributed by atoms with E-state index in [0.29, 0.717) is 55.8 Å². The van der Waals surface area contributed by atoms with Crippen LogP contribution in [-0.4, -0.2) is 72.2 Å². The molecule has 2 amide bonds. The number of rotatable bonds is 10. The summed E-state index contributed by atoms with van der Waals surface area (Å²) < 4.78 is 11.7. The second kappa shape index (κ2) is 13.8. The number of carbonyl (C=O) groups is 2. The molecule has 10 nitrogen and oxygen atoms in total. The second-order valence-electron chi connectivity index (χ2n) is 11.0. The van der Waals surface area contributed by atoms with E-state index >= 15 is 0 Å². The third kappa shape index (κ3) is 7.35. The van der Waals surface area contributed by atoms with Crippen LogP contribution in [0.25, 0.3) is 6.08 Å². The molecule has 3 N–H and O–H groups in total. The predicted octanol–water partition coefficient (Wildman–Crippen LogP) is 4.44. The summed E-state index contributed by atoms with van der Waals surface area (Å²) in [6, 6.07) is 6.00. The number of benzene rings is 1. The second-order valence-corrected chi connectivity index (χ2v) is 11.0. The highest BCUT2D eigenvalue weighted by Crippen LogP contribution is 2.32. The fourth-order valence-electron chi connectivity index (χ4n) is 5.81. The number of nitrogens with zero attached hydrogens (tertiary/aromatic N) is 3. The van der Waals surface area contributed by atoms with Crippen LogP contribution < -0.4 is 20.7 Å². The first-order valence-corrected chi connectivity index (χ1v) is 15.0. The molecule has 10 heteroatoms. The number of ether oxygens (including phenoxy) is 2. The van der Waals surface area contributed by atoms with E-state index < -0.39 is 0 Å². The molecule has 1 aliphatic carbocycles. The molecule has 1 saturated carbocycles. The van der Waals surface area contributed by atoms with Crippen LogP contribution in [0.2, 0.25) is 0 Å². The Morgan fingerprint density at radius 3 is 2.68 bits per heavy atom. The number of nitrogens with one attached hydrogen (secondary N) is 3. The van der Waals surface area contributed by atoms with Gasteiger partial charge in [0.2, 0.25) is 11.8 Å². The number of aromatic nitrogens is 2. The molecule has 41 heavy (non-hydrogen) atoms. The van der Waals surface area contributed by atoms with Gasteiger partial charge in [0, 0.05) is 62.8 Å². The molecule has 1 aromatic heterocycles. The zero-order valence-corrected chi connectivity index (χ0v) is 24.2. The molecule has 0 atom stereocenters. The Bertz CT molecular complexity index is 1250. The first-order chi connectivity index (χ1) is 20.0. The van der Waals surface area contributed by atoms with Crippen molar-refractivity contribution < 1.29 is 19.1 Å². The van der Waals surface area contributed by atoms with E-state index in [9.17, 15) is 9.59 Å². The van der Waals surface area contributed by atoms with Gasteiger partial charge >= 0.3 is 0 Å². The topological polar surface area (TPSA) is 118 Å². The lowest BCUT2D eigenvalue weighted by molar-refractivity contribution is -0.137. The van der Waals surface area contributed by atoms with Gasteiger partial charge in [0.15, 0.2) is 0 Å². The molecule has 1 aromatic carbocycles. The summed E-state index contributed by atoms with van der Waals surface area (Å²) in [5, 5.41) is 9.65. The summed E-state index contributed by atoms with van der Waals surface area (Å²) in [4.78, 5) is 36.5. The van der Waals surface area contributed by atoms with E-state index in [1.807, 2.05) is 43.0 Å². The smallest absolute Gasteiger partial charge is 0.247 e. The van der Waals surface area contributed by atoms with Crippen molar-refractivity contribution in [3.05, 3.63) is 41.2 Å². The summed E-state index contributed by atoms with van der Waals surface area (Å²) in [6.07, 6.45) is 10.2. The van der Waals surface area contributed by atoms with E-state index in [1.165, 1.54) is 19.2 Å². The predicted molar refractivity (Wildman–Crippen MR) is 159 cm³/mol. The summed E-state index contributed by atoms with van der Waals surface area (Å²) in [5.74, 6) is 2.63. The van der Waals surface area contributed by atoms with Gasteiger partial charge in [-0.1, -0.05) is 12.8 Å². The lowest BCUT2D eigenvalue weighted by atomic mass is 10.0. The molecule has 0 spiro atoms. The monoisotopic (exact) mass is 562 g/mol. The first-order valence-electron chi connectivity index (χ1n) is 15.0. The van der Waals surface area contributed by atoms with E-state index in [0.717, 1.165) is 61.3 Å². The Kier molecular flexibility index (Phi) is 9.71. The number of anilines is 3. The van der Waals surface area contributed by atoms with Crippen molar-refractivity contribution in [2.45, 2.75) is 64.9 Å². The van der Waals surface area contributed by atoms with Crippen molar-refractivity contribution in [2.24, 2.45) is 5.92 Å². The molecule has 1 saturated heterocycles. The first kappa shape index (κ1) is 28.9. The van der Waals surface area contributed by atoms with Gasteiger partial charge in [-0.2, -0.15) is 0 Å². The molecular weight excluding hydrogens is 520 g/mol. The van der Waals surface area contributed by atoms with Gasteiger partial charge in [-0.15, -0.1) is 0 Å². The van der Waals surface area contributed by atoms with Gasteiger partial charge in [-0.25, -0.2) is 9.97 Å². The summed E-state index contributed by atoms with van der Waals surface area (Å²) in [5.41, 5.74) is 3.30. The van der Waals surface area contributed by atoms with Gasteiger partial charge in [-0.3, -0.25) is 9.59 Å². The zero-order valence-electron chi connectivity index (χ0n) is 24.2. The molecule has 3 aliphatic rings. The van der Waals surface area contributed by atoms with Crippen LogP contribution in [0, 0.1) is 12.8 Å². The quantitative estimate of drug-likeness (QED) is 0.364. The Hall–Kier alpha value is -3.66. The highest BCUT2D eigenvalue weighted by Gasteiger charge is 2.30. The number of hydrogen-bond donors (Lipinski definition) is 3. The number of amides is 2. The lowest BCUT2D eigenvalue weighted by Gasteiger charge is -2.34. The van der Waals surface area contributed by atoms with Crippen LogP contribution in [0.4, 0.5) is 17.3 Å². The van der Waals surface area contributed by atoms with Crippen molar-refractivity contribution in [3.63, 3.8) is 0 Å². The van der Waals surface area contributed by atoms with Crippen LogP contribution in [0.5, 0.6) is 5.75 Å². The molecule has 5 rings (SSSR count). The average molecular weight is 563 g/mol. The Morgan fingerprint density at radius 1 is 1.12 bits per heavy atom. The molecule has 3 heterocycles. The van der Waals surface area contributed by atoms with Crippen molar-refractivity contribution in [3.8, 4) is 5.75 Å². The highest BCUT2D eigenvalue weighted by atomic mass is 16.5. The fourth-order valence-corrected chi connectivity index (χ4v) is 5.81. The summed E-state index contributed by atoms with van der Waals surface area (Å²) in [6.45, 7) is 7.68. The standard InChI is InChI=1S/C31H42N6O4/c1-3-40-17-14-33-30(38)23-10-13-32-28-26(19-23)29(35-20-34-28)36-24-8-9-27(21(2)18-24)41-25-11-15-37(16-12-25)31(39)22-6-4-5-7-22/h8-9,18-20,22,25H,3-7,10-17H2,1-2H3,(H,33,38)(H2,32,34,35,36). The molecule has 0 unspecified atom stereocenters. The van der Waals surface area contributed by atoms with Crippen molar-refractivity contribution in [1.29, 1.82) is 0 Å². The number of likely N-dealkylation sites (tertiary alicyclic amines) is 1. The van der Waals surface area contributed by atoms with Gasteiger partial charge in [-0.05, 0) is 62.9 Å². The molecular formula is C31H42N6O4. The fraction of sp³-hybridized carbons (Fsp3) is 0.548.